The predicted molar refractivity (Wildman–Crippen MR) is 305 cm³/mol. The van der Waals surface area contributed by atoms with E-state index >= 15 is 0 Å². The van der Waals surface area contributed by atoms with Crippen molar-refractivity contribution in [1.82, 2.24) is 19.7 Å². The van der Waals surface area contributed by atoms with Gasteiger partial charge in [0.15, 0.2) is 79.5 Å². The molecule has 0 N–H and O–H groups in total. The number of fused-ring (bicyclic) bond motifs is 2. The molecule has 5 heterocycles. The summed E-state index contributed by atoms with van der Waals surface area (Å²) in [5.74, 6) is -12.0. The molecule has 2 aromatic heterocycles. The molecule has 0 saturated carbocycles. The molecule has 3 saturated heterocycles. The van der Waals surface area contributed by atoms with Crippen molar-refractivity contribution in [3.8, 4) is 5.69 Å². The molecule has 3 aliphatic rings. The zero-order valence-electron chi connectivity index (χ0n) is 52.9. The Morgan fingerprint density at radius 3 is 1.18 bits per heavy atom. The second-order valence-corrected chi connectivity index (χ2v) is 21.3. The van der Waals surface area contributed by atoms with E-state index in [2.05, 4.69) is 0 Å². The van der Waals surface area contributed by atoms with E-state index in [1.807, 2.05) is 0 Å². The molecule has 3 fully saturated rings. The molecule has 4 aromatic rings. The van der Waals surface area contributed by atoms with Gasteiger partial charge in [-0.3, -0.25) is 57.5 Å². The average molecular weight is 1330 g/mol. The zero-order chi connectivity index (χ0) is 68.8. The van der Waals surface area contributed by atoms with Crippen LogP contribution in [0.1, 0.15) is 94.9 Å². The molecule has 34 nitrogen and oxygen atoms in total. The highest BCUT2D eigenvalue weighted by Gasteiger charge is 2.60. The zero-order valence-corrected chi connectivity index (χ0v) is 52.9. The molecular formula is C60H70N4O30. The SMILES string of the molecule is CC(=O)OCC1OC(OC2C(COC(C)=O)OC(OC3C(COC(C)=O)OC(OCC(OC(C)=O)C(OC(C)=O)c4nn(-c5ccccc5)c5nc6ccccc6nc45)C(OC(C)=O)C3OC(C)=O)C(OC(C)=O)C2OC(C)=O)C(OC(C)=O)C(OC(C)=O)C1OC(C)=O. The number of nitrogens with zero attached hydrogens (tertiary/aromatic N) is 4. The first-order valence-corrected chi connectivity index (χ1v) is 29.0. The van der Waals surface area contributed by atoms with Gasteiger partial charge in [0, 0.05) is 83.1 Å². The number of aromatic nitrogens is 4. The van der Waals surface area contributed by atoms with E-state index in [0.29, 0.717) is 16.7 Å². The third-order valence-corrected chi connectivity index (χ3v) is 13.7. The minimum absolute atomic E-state index is 0.0817. The molecule has 17 unspecified atom stereocenters. The summed E-state index contributed by atoms with van der Waals surface area (Å²) in [6.07, 6.45) is -32.3. The molecule has 510 valence electrons. The van der Waals surface area contributed by atoms with Crippen molar-refractivity contribution in [3.63, 3.8) is 0 Å². The minimum Gasteiger partial charge on any atom is -0.463 e. The largest absolute Gasteiger partial charge is 0.463 e. The minimum atomic E-state index is -2.17. The summed E-state index contributed by atoms with van der Waals surface area (Å²) in [7, 11) is 0. The van der Waals surface area contributed by atoms with E-state index in [1.54, 1.807) is 54.6 Å². The highest BCUT2D eigenvalue weighted by Crippen LogP contribution is 2.40. The Morgan fingerprint density at radius 2 is 0.766 bits per heavy atom. The second-order valence-electron chi connectivity index (χ2n) is 21.3. The van der Waals surface area contributed by atoms with Crippen molar-refractivity contribution >= 4 is 93.8 Å². The van der Waals surface area contributed by atoms with Gasteiger partial charge in [0.2, 0.25) is 0 Å². The van der Waals surface area contributed by atoms with Gasteiger partial charge in [-0.1, -0.05) is 30.3 Å². The first kappa shape index (κ1) is 72.1. The Bertz CT molecular complexity index is 3450. The Kier molecular flexibility index (Phi) is 24.9. The van der Waals surface area contributed by atoms with Gasteiger partial charge in [0.05, 0.1) is 23.3 Å². The molecule has 0 radical (unpaired) electrons. The Labute approximate surface area is 534 Å². The van der Waals surface area contributed by atoms with Crippen molar-refractivity contribution in [2.24, 2.45) is 0 Å². The highest BCUT2D eigenvalue weighted by atomic mass is 16.8. The molecule has 3 aliphatic heterocycles. The van der Waals surface area contributed by atoms with Crippen LogP contribution < -0.4 is 0 Å². The average Bonchev–Trinajstić information content (AvgIpc) is 1.39. The van der Waals surface area contributed by atoms with Gasteiger partial charge in [-0.25, -0.2) is 14.6 Å². The summed E-state index contributed by atoms with van der Waals surface area (Å²) in [5, 5.41) is 4.80. The fourth-order valence-electron chi connectivity index (χ4n) is 10.4. The molecule has 0 aliphatic carbocycles. The van der Waals surface area contributed by atoms with Gasteiger partial charge in [-0.15, -0.1) is 0 Å². The van der Waals surface area contributed by atoms with Gasteiger partial charge in [-0.2, -0.15) is 5.10 Å². The quantitative estimate of drug-likeness (QED) is 0.0672. The van der Waals surface area contributed by atoms with E-state index < -0.39 is 202 Å². The first-order valence-electron chi connectivity index (χ1n) is 29.0. The number of carbonyl (C=O) groups excluding carboxylic acids is 12. The summed E-state index contributed by atoms with van der Waals surface area (Å²) in [6.45, 7) is 8.49. The van der Waals surface area contributed by atoms with Crippen LogP contribution in [0.3, 0.4) is 0 Å². The number of hydrogen-bond acceptors (Lipinski definition) is 33. The van der Waals surface area contributed by atoms with Crippen LogP contribution in [-0.2, 0) is 143 Å². The smallest absolute Gasteiger partial charge is 0.303 e. The molecule has 17 atom stereocenters. The van der Waals surface area contributed by atoms with Crippen molar-refractivity contribution in [2.45, 2.75) is 187 Å². The molecule has 0 bridgehead atoms. The maximum Gasteiger partial charge on any atom is 0.303 e. The van der Waals surface area contributed by atoms with Crippen LogP contribution in [0.5, 0.6) is 0 Å². The van der Waals surface area contributed by atoms with Gasteiger partial charge in [0.25, 0.3) is 0 Å². The number of carbonyl (C=O) groups is 12. The fraction of sp³-hybridized carbons (Fsp3) is 0.550. The monoisotopic (exact) mass is 1330 g/mol. The van der Waals surface area contributed by atoms with Gasteiger partial charge in [-0.05, 0) is 24.3 Å². The molecule has 0 amide bonds. The lowest BCUT2D eigenvalue weighted by Gasteiger charge is -2.50. The normalized spacial score (nSPS) is 26.4. The van der Waals surface area contributed by atoms with Crippen LogP contribution in [0, 0.1) is 0 Å². The topological polar surface area (TPSA) is 415 Å². The summed E-state index contributed by atoms with van der Waals surface area (Å²) in [4.78, 5) is 165. The van der Waals surface area contributed by atoms with Crippen molar-refractivity contribution in [1.29, 1.82) is 0 Å². The molecule has 94 heavy (non-hydrogen) atoms. The lowest BCUT2D eigenvalue weighted by molar-refractivity contribution is -0.380. The predicted octanol–water partition coefficient (Wildman–Crippen LogP) is 1.68. The van der Waals surface area contributed by atoms with Gasteiger partial charge in [0.1, 0.15) is 61.6 Å². The van der Waals surface area contributed by atoms with Crippen LogP contribution in [0.25, 0.3) is 27.9 Å². The molecule has 34 heteroatoms. The van der Waals surface area contributed by atoms with E-state index in [-0.39, 0.29) is 16.9 Å². The third-order valence-electron chi connectivity index (χ3n) is 13.7. The van der Waals surface area contributed by atoms with Crippen LogP contribution in [0.2, 0.25) is 0 Å². The molecule has 7 rings (SSSR count). The Morgan fingerprint density at radius 1 is 0.404 bits per heavy atom. The summed E-state index contributed by atoms with van der Waals surface area (Å²) < 4.78 is 108. The number of esters is 12. The van der Waals surface area contributed by atoms with Gasteiger partial charge >= 0.3 is 71.6 Å². The van der Waals surface area contributed by atoms with Crippen molar-refractivity contribution in [3.05, 3.63) is 60.3 Å². The van der Waals surface area contributed by atoms with Crippen molar-refractivity contribution in [2.75, 3.05) is 26.4 Å². The maximum atomic E-state index is 13.4. The first-order chi connectivity index (χ1) is 44.5. The number of hydrogen-bond donors (Lipinski definition) is 0. The summed E-state index contributed by atoms with van der Waals surface area (Å²) >= 11 is 0. The lowest BCUT2D eigenvalue weighted by atomic mass is 9.95. The summed E-state index contributed by atoms with van der Waals surface area (Å²) in [6, 6.07) is 15.5. The van der Waals surface area contributed by atoms with Crippen LogP contribution in [-0.4, -0.2) is 216 Å². The van der Waals surface area contributed by atoms with E-state index in [1.165, 1.54) is 4.68 Å². The highest BCUT2D eigenvalue weighted by molar-refractivity contribution is 5.87. The van der Waals surface area contributed by atoms with E-state index in [0.717, 1.165) is 83.1 Å². The molecule has 0 spiro atoms. The second kappa shape index (κ2) is 32.5. The number of para-hydroxylation sites is 3. The van der Waals surface area contributed by atoms with Crippen LogP contribution in [0.15, 0.2) is 54.6 Å². The van der Waals surface area contributed by atoms with Crippen LogP contribution in [0.4, 0.5) is 0 Å². The molecule has 2 aromatic carbocycles. The van der Waals surface area contributed by atoms with Crippen molar-refractivity contribution < 1.29 is 143 Å². The summed E-state index contributed by atoms with van der Waals surface area (Å²) in [5.41, 5.74) is 1.55. The standard InChI is InChI=1S/C60H70N4O30/c1-26(65)77-22-42-48(83-31(6)70)51(84-32(7)71)55(88-36(11)75)59(91-42)94-50-44(24-79-28(3)67)92-60(56(89-37(12)76)53(50)86-34(9)73)93-49-43(23-78-27(2)66)90-58(54(87-35(10)74)52(49)85-33(8)72)80-25-41(81-29(4)68)47(82-30(5)69)45-46-57(62-40-21-17-16-20-39(40)61-46)64(63-45)38-18-14-13-15-19-38/h13-21,41-44,47-56,58-60H,22-25H2,1-12H3. The third kappa shape index (κ3) is 19.1. The Hall–Kier alpha value is -9.35. The number of benzene rings is 2. The van der Waals surface area contributed by atoms with Gasteiger partial charge < -0.3 is 85.3 Å². The van der Waals surface area contributed by atoms with Crippen LogP contribution >= 0.6 is 0 Å². The molecular weight excluding hydrogens is 1260 g/mol. The van der Waals surface area contributed by atoms with E-state index in [4.69, 9.17) is 100 Å². The number of rotatable bonds is 25. The Balaban J connectivity index is 1.32. The maximum absolute atomic E-state index is 13.4. The number of ether oxygens (including phenoxy) is 18. The van der Waals surface area contributed by atoms with E-state index in [9.17, 15) is 57.5 Å². The fourth-order valence-corrected chi connectivity index (χ4v) is 10.4. The lowest BCUT2D eigenvalue weighted by Crippen LogP contribution is -2.69.